The minimum absolute atomic E-state index is 0.233. The molecule has 0 saturated carbocycles. The number of hydrogen-bond acceptors (Lipinski definition) is 3. The topological polar surface area (TPSA) is 59.3 Å². The maximum absolute atomic E-state index is 12.4. The van der Waals surface area contributed by atoms with Gasteiger partial charge in [0.1, 0.15) is 11.2 Å². The van der Waals surface area contributed by atoms with Gasteiger partial charge in [-0.2, -0.15) is 0 Å². The number of para-hydroxylation sites is 1. The van der Waals surface area contributed by atoms with Crippen molar-refractivity contribution in [1.29, 1.82) is 0 Å². The third-order valence-electron chi connectivity index (χ3n) is 3.68. The van der Waals surface area contributed by atoms with Gasteiger partial charge in [-0.1, -0.05) is 36.4 Å². The van der Waals surface area contributed by atoms with Gasteiger partial charge in [0.25, 0.3) is 10.0 Å². The Morgan fingerprint density at radius 1 is 0.739 bits per heavy atom. The van der Waals surface area contributed by atoms with Crippen molar-refractivity contribution in [2.45, 2.75) is 4.90 Å². The fourth-order valence-electron chi connectivity index (χ4n) is 2.60. The summed E-state index contributed by atoms with van der Waals surface area (Å²) < 4.78 is 33.2. The van der Waals surface area contributed by atoms with Gasteiger partial charge in [-0.3, -0.25) is 4.72 Å². The quantitative estimate of drug-likeness (QED) is 0.608. The number of hydrogen-bond donors (Lipinski definition) is 1. The number of furan rings is 1. The Bertz CT molecular complexity index is 1100. The van der Waals surface area contributed by atoms with E-state index in [1.54, 1.807) is 48.5 Å². The van der Waals surface area contributed by atoms with Crippen LogP contribution in [0, 0.1) is 0 Å². The summed E-state index contributed by atoms with van der Waals surface area (Å²) in [5, 5.41) is 1.84. The Kier molecular flexibility index (Phi) is 3.09. The number of fused-ring (bicyclic) bond motifs is 3. The summed E-state index contributed by atoms with van der Waals surface area (Å²) in [6, 6.07) is 21.3. The molecule has 4 nitrogen and oxygen atoms in total. The first kappa shape index (κ1) is 13.8. The van der Waals surface area contributed by atoms with Crippen LogP contribution in [0.25, 0.3) is 21.9 Å². The molecule has 0 aliphatic rings. The van der Waals surface area contributed by atoms with Gasteiger partial charge in [0.15, 0.2) is 0 Å². The molecule has 0 unspecified atom stereocenters. The summed E-state index contributed by atoms with van der Waals surface area (Å²) in [6.45, 7) is 0. The molecule has 0 amide bonds. The molecule has 0 aliphatic heterocycles. The monoisotopic (exact) mass is 323 g/mol. The number of nitrogens with one attached hydrogen (secondary N) is 1. The van der Waals surface area contributed by atoms with Crippen LogP contribution in [0.3, 0.4) is 0 Å². The van der Waals surface area contributed by atoms with Crippen LogP contribution in [-0.2, 0) is 10.0 Å². The summed E-state index contributed by atoms with van der Waals surface area (Å²) in [5.74, 6) is 0. The normalized spacial score (nSPS) is 11.8. The Labute approximate surface area is 133 Å². The van der Waals surface area contributed by atoms with Gasteiger partial charge < -0.3 is 4.42 Å². The van der Waals surface area contributed by atoms with Crippen LogP contribution >= 0.6 is 0 Å². The van der Waals surface area contributed by atoms with Gasteiger partial charge in [0.2, 0.25) is 0 Å². The molecule has 0 radical (unpaired) electrons. The van der Waals surface area contributed by atoms with Gasteiger partial charge in [-0.05, 0) is 36.4 Å². The lowest BCUT2D eigenvalue weighted by Crippen LogP contribution is -2.12. The zero-order valence-corrected chi connectivity index (χ0v) is 12.9. The van der Waals surface area contributed by atoms with E-state index in [1.807, 2.05) is 24.3 Å². The molecule has 0 saturated heterocycles. The molecule has 3 aromatic carbocycles. The molecule has 0 bridgehead atoms. The Balaban J connectivity index is 1.79. The van der Waals surface area contributed by atoms with Crippen molar-refractivity contribution in [1.82, 2.24) is 0 Å². The molecule has 114 valence electrons. The van der Waals surface area contributed by atoms with Crippen LogP contribution in [-0.4, -0.2) is 8.42 Å². The zero-order chi connectivity index (χ0) is 15.9. The van der Waals surface area contributed by atoms with E-state index in [0.717, 1.165) is 21.9 Å². The van der Waals surface area contributed by atoms with Crippen molar-refractivity contribution in [2.24, 2.45) is 0 Å². The van der Waals surface area contributed by atoms with Crippen LogP contribution in [0.2, 0.25) is 0 Å². The molecule has 0 atom stereocenters. The molecule has 0 aliphatic carbocycles. The molecule has 0 spiro atoms. The predicted octanol–water partition coefficient (Wildman–Crippen LogP) is 4.39. The highest BCUT2D eigenvalue weighted by Gasteiger charge is 2.14. The average Bonchev–Trinajstić information content (AvgIpc) is 2.93. The Hall–Kier alpha value is -2.79. The lowest BCUT2D eigenvalue weighted by Gasteiger charge is -2.07. The third-order valence-corrected chi connectivity index (χ3v) is 5.08. The van der Waals surface area contributed by atoms with Gasteiger partial charge in [0.05, 0.1) is 4.90 Å². The fraction of sp³-hybridized carbons (Fsp3) is 0. The molecule has 0 fully saturated rings. The van der Waals surface area contributed by atoms with Gasteiger partial charge in [-0.15, -0.1) is 0 Å². The van der Waals surface area contributed by atoms with Crippen LogP contribution in [0.4, 0.5) is 5.69 Å². The molecular formula is C18H13NO3S. The van der Waals surface area contributed by atoms with E-state index in [2.05, 4.69) is 4.72 Å². The molecule has 4 rings (SSSR count). The smallest absolute Gasteiger partial charge is 0.261 e. The molecule has 5 heteroatoms. The minimum Gasteiger partial charge on any atom is -0.456 e. The summed E-state index contributed by atoms with van der Waals surface area (Å²) in [6.07, 6.45) is 0. The van der Waals surface area contributed by atoms with Crippen molar-refractivity contribution in [3.05, 3.63) is 72.8 Å². The van der Waals surface area contributed by atoms with Gasteiger partial charge in [0, 0.05) is 16.5 Å². The third kappa shape index (κ3) is 2.45. The van der Waals surface area contributed by atoms with E-state index < -0.39 is 10.0 Å². The molecule has 1 aromatic heterocycles. The van der Waals surface area contributed by atoms with Crippen molar-refractivity contribution >= 4 is 37.6 Å². The van der Waals surface area contributed by atoms with Crippen LogP contribution in [0.5, 0.6) is 0 Å². The van der Waals surface area contributed by atoms with E-state index >= 15 is 0 Å². The molecule has 4 aromatic rings. The van der Waals surface area contributed by atoms with E-state index in [1.165, 1.54) is 0 Å². The SMILES string of the molecule is O=S(=O)(Nc1ccc2oc3ccccc3c2c1)c1ccccc1. The minimum atomic E-state index is -3.60. The maximum Gasteiger partial charge on any atom is 0.261 e. The standard InChI is InChI=1S/C18H13NO3S/c20-23(21,14-6-2-1-3-7-14)19-13-10-11-18-16(12-13)15-8-4-5-9-17(15)22-18/h1-12,19H. The fourth-order valence-corrected chi connectivity index (χ4v) is 3.67. The zero-order valence-electron chi connectivity index (χ0n) is 12.1. The second kappa shape index (κ2) is 5.14. The Morgan fingerprint density at radius 3 is 2.26 bits per heavy atom. The van der Waals surface area contributed by atoms with Crippen LogP contribution < -0.4 is 4.72 Å². The highest BCUT2D eigenvalue weighted by molar-refractivity contribution is 7.92. The highest BCUT2D eigenvalue weighted by Crippen LogP contribution is 2.31. The van der Waals surface area contributed by atoms with Crippen molar-refractivity contribution in [3.8, 4) is 0 Å². The van der Waals surface area contributed by atoms with Crippen molar-refractivity contribution in [2.75, 3.05) is 4.72 Å². The highest BCUT2D eigenvalue weighted by atomic mass is 32.2. The van der Waals surface area contributed by atoms with E-state index in [9.17, 15) is 8.42 Å². The molecular weight excluding hydrogens is 310 g/mol. The largest absolute Gasteiger partial charge is 0.456 e. The lowest BCUT2D eigenvalue weighted by molar-refractivity contribution is 0.601. The second-order valence-corrected chi connectivity index (χ2v) is 6.91. The lowest BCUT2D eigenvalue weighted by atomic mass is 10.1. The van der Waals surface area contributed by atoms with Gasteiger partial charge in [-0.25, -0.2) is 8.42 Å². The summed E-state index contributed by atoms with van der Waals surface area (Å²) in [5.41, 5.74) is 2.02. The number of anilines is 1. The second-order valence-electron chi connectivity index (χ2n) is 5.23. The number of rotatable bonds is 3. The summed E-state index contributed by atoms with van der Waals surface area (Å²) >= 11 is 0. The summed E-state index contributed by atoms with van der Waals surface area (Å²) in [4.78, 5) is 0.233. The first-order chi connectivity index (χ1) is 11.1. The van der Waals surface area contributed by atoms with E-state index in [-0.39, 0.29) is 4.90 Å². The summed E-state index contributed by atoms with van der Waals surface area (Å²) in [7, 11) is -3.60. The van der Waals surface area contributed by atoms with E-state index in [0.29, 0.717) is 5.69 Å². The van der Waals surface area contributed by atoms with Crippen molar-refractivity contribution < 1.29 is 12.8 Å². The van der Waals surface area contributed by atoms with Crippen LogP contribution in [0.1, 0.15) is 0 Å². The maximum atomic E-state index is 12.4. The predicted molar refractivity (Wildman–Crippen MR) is 91.0 cm³/mol. The Morgan fingerprint density at radius 2 is 1.43 bits per heavy atom. The number of benzene rings is 3. The molecule has 1 heterocycles. The molecule has 23 heavy (non-hydrogen) atoms. The number of sulfonamides is 1. The average molecular weight is 323 g/mol. The van der Waals surface area contributed by atoms with Crippen molar-refractivity contribution in [3.63, 3.8) is 0 Å². The first-order valence-electron chi connectivity index (χ1n) is 7.13. The van der Waals surface area contributed by atoms with Gasteiger partial charge >= 0.3 is 0 Å². The molecule has 1 N–H and O–H groups in total. The van der Waals surface area contributed by atoms with E-state index in [4.69, 9.17) is 4.42 Å². The van der Waals surface area contributed by atoms with Crippen LogP contribution in [0.15, 0.2) is 82.1 Å². The first-order valence-corrected chi connectivity index (χ1v) is 8.61.